The van der Waals surface area contributed by atoms with Gasteiger partial charge in [0, 0.05) is 30.8 Å². The summed E-state index contributed by atoms with van der Waals surface area (Å²) in [5.41, 5.74) is 11.5. The summed E-state index contributed by atoms with van der Waals surface area (Å²) < 4.78 is 0. The Hall–Kier alpha value is -2.69. The Balaban J connectivity index is 1.41. The lowest BCUT2D eigenvalue weighted by molar-refractivity contribution is -0.127. The van der Waals surface area contributed by atoms with Gasteiger partial charge in [0.1, 0.15) is 0 Å². The number of amides is 1. The zero-order chi connectivity index (χ0) is 17.9. The van der Waals surface area contributed by atoms with Crippen LogP contribution in [0, 0.1) is 0 Å². The minimum atomic E-state index is 0.296. The summed E-state index contributed by atoms with van der Waals surface area (Å²) in [4.78, 5) is 22.4. The summed E-state index contributed by atoms with van der Waals surface area (Å²) in [6, 6.07) is 8.48. The quantitative estimate of drug-likeness (QED) is 0.814. The highest BCUT2D eigenvalue weighted by Gasteiger charge is 2.19. The fourth-order valence-corrected chi connectivity index (χ4v) is 3.75. The van der Waals surface area contributed by atoms with Gasteiger partial charge in [-0.25, -0.2) is 9.97 Å². The fourth-order valence-electron chi connectivity index (χ4n) is 3.75. The summed E-state index contributed by atoms with van der Waals surface area (Å²) in [7, 11) is 0. The SMILES string of the molecule is Nc1nc(CCCCN2CCCC2=O)cc(-c2ccc3c(c2)C=CC3)n1. The van der Waals surface area contributed by atoms with E-state index in [1.807, 2.05) is 11.0 Å². The highest BCUT2D eigenvalue weighted by Crippen LogP contribution is 2.26. The third kappa shape index (κ3) is 3.62. The van der Waals surface area contributed by atoms with Crippen LogP contribution in [0.15, 0.2) is 30.3 Å². The van der Waals surface area contributed by atoms with Crippen LogP contribution >= 0.6 is 0 Å². The molecule has 134 valence electrons. The average molecular weight is 348 g/mol. The number of benzene rings is 1. The van der Waals surface area contributed by atoms with Crippen LogP contribution in [0.5, 0.6) is 0 Å². The van der Waals surface area contributed by atoms with Crippen LogP contribution in [0.25, 0.3) is 17.3 Å². The third-order valence-electron chi connectivity index (χ3n) is 5.16. The van der Waals surface area contributed by atoms with Gasteiger partial charge in [0.05, 0.1) is 5.69 Å². The van der Waals surface area contributed by atoms with E-state index in [0.29, 0.717) is 18.3 Å². The van der Waals surface area contributed by atoms with Crippen molar-refractivity contribution in [1.82, 2.24) is 14.9 Å². The molecule has 0 radical (unpaired) electrons. The van der Waals surface area contributed by atoms with E-state index in [-0.39, 0.29) is 0 Å². The third-order valence-corrected chi connectivity index (χ3v) is 5.16. The molecule has 1 aromatic heterocycles. The molecule has 5 nitrogen and oxygen atoms in total. The second kappa shape index (κ2) is 7.28. The molecule has 26 heavy (non-hydrogen) atoms. The molecular weight excluding hydrogens is 324 g/mol. The molecule has 1 aliphatic carbocycles. The monoisotopic (exact) mass is 348 g/mol. The Bertz CT molecular complexity index is 859. The molecule has 1 saturated heterocycles. The summed E-state index contributed by atoms with van der Waals surface area (Å²) in [5, 5.41) is 0. The molecule has 2 heterocycles. The number of anilines is 1. The standard InChI is InChI=1S/C21H24N4O/c22-21-23-18(7-1-2-11-25-12-4-8-20(25)26)14-19(24-21)17-10-9-15-5-3-6-16(15)13-17/h3,6,9-10,13-14H,1-2,4-5,7-8,11-12H2,(H2,22,23,24). The Labute approximate surface area is 154 Å². The number of carbonyl (C=O) groups excluding carboxylic acids is 1. The molecule has 1 aliphatic heterocycles. The number of nitrogen functional groups attached to an aromatic ring is 1. The Morgan fingerprint density at radius 3 is 2.92 bits per heavy atom. The molecule has 0 atom stereocenters. The van der Waals surface area contributed by atoms with Gasteiger partial charge in [0.15, 0.2) is 0 Å². The minimum Gasteiger partial charge on any atom is -0.368 e. The van der Waals surface area contributed by atoms with E-state index in [2.05, 4.69) is 40.3 Å². The first-order valence-electron chi connectivity index (χ1n) is 9.40. The van der Waals surface area contributed by atoms with Gasteiger partial charge in [-0.1, -0.05) is 24.3 Å². The molecule has 2 N–H and O–H groups in total. The Morgan fingerprint density at radius 1 is 1.15 bits per heavy atom. The van der Waals surface area contributed by atoms with Crippen LogP contribution in [0.1, 0.15) is 42.5 Å². The maximum Gasteiger partial charge on any atom is 0.222 e. The van der Waals surface area contributed by atoms with Gasteiger partial charge in [-0.05, 0) is 55.4 Å². The fraction of sp³-hybridized carbons (Fsp3) is 0.381. The Kier molecular flexibility index (Phi) is 4.69. The highest BCUT2D eigenvalue weighted by molar-refractivity contribution is 5.78. The zero-order valence-electron chi connectivity index (χ0n) is 14.9. The van der Waals surface area contributed by atoms with Gasteiger partial charge in [-0.3, -0.25) is 4.79 Å². The number of allylic oxidation sites excluding steroid dienone is 1. The van der Waals surface area contributed by atoms with Gasteiger partial charge in [-0.2, -0.15) is 0 Å². The number of aromatic nitrogens is 2. The molecule has 0 saturated carbocycles. The van der Waals surface area contributed by atoms with Crippen molar-refractivity contribution in [2.75, 3.05) is 18.8 Å². The number of nitrogens with two attached hydrogens (primary N) is 1. The number of unbranched alkanes of at least 4 members (excludes halogenated alkanes) is 1. The number of carbonyl (C=O) groups is 1. The summed E-state index contributed by atoms with van der Waals surface area (Å²) in [5.74, 6) is 0.618. The van der Waals surface area contributed by atoms with Crippen LogP contribution in [0.2, 0.25) is 0 Å². The molecule has 5 heteroatoms. The van der Waals surface area contributed by atoms with E-state index >= 15 is 0 Å². The molecule has 0 spiro atoms. The van der Waals surface area contributed by atoms with Crippen molar-refractivity contribution in [1.29, 1.82) is 0 Å². The first kappa shape index (κ1) is 16.8. The van der Waals surface area contributed by atoms with Crippen LogP contribution in [0.4, 0.5) is 5.95 Å². The van der Waals surface area contributed by atoms with Crippen molar-refractivity contribution in [2.45, 2.75) is 38.5 Å². The van der Waals surface area contributed by atoms with E-state index in [1.54, 1.807) is 0 Å². The normalized spacial score (nSPS) is 15.7. The van der Waals surface area contributed by atoms with Crippen molar-refractivity contribution in [2.24, 2.45) is 0 Å². The van der Waals surface area contributed by atoms with E-state index in [0.717, 1.165) is 62.1 Å². The lowest BCUT2D eigenvalue weighted by Crippen LogP contribution is -2.25. The van der Waals surface area contributed by atoms with Crippen LogP contribution in [0.3, 0.4) is 0 Å². The van der Waals surface area contributed by atoms with Crippen molar-refractivity contribution < 1.29 is 4.79 Å². The lowest BCUT2D eigenvalue weighted by atomic mass is 10.0. The summed E-state index contributed by atoms with van der Waals surface area (Å²) in [6.07, 6.45) is 9.89. The van der Waals surface area contributed by atoms with Crippen LogP contribution in [-0.2, 0) is 17.6 Å². The van der Waals surface area contributed by atoms with Gasteiger partial charge in [-0.15, -0.1) is 0 Å². The molecular formula is C21H24N4O. The number of nitrogens with zero attached hydrogens (tertiary/aromatic N) is 3. The number of fused-ring (bicyclic) bond motifs is 1. The van der Waals surface area contributed by atoms with Gasteiger partial charge in [0.25, 0.3) is 0 Å². The van der Waals surface area contributed by atoms with Crippen molar-refractivity contribution >= 4 is 17.9 Å². The summed E-state index contributed by atoms with van der Waals surface area (Å²) >= 11 is 0. The predicted molar refractivity (Wildman–Crippen MR) is 103 cm³/mol. The largest absolute Gasteiger partial charge is 0.368 e. The number of rotatable bonds is 6. The molecule has 0 unspecified atom stereocenters. The minimum absolute atomic E-state index is 0.296. The van der Waals surface area contributed by atoms with E-state index in [1.165, 1.54) is 11.1 Å². The average Bonchev–Trinajstić information content (AvgIpc) is 3.26. The number of hydrogen-bond donors (Lipinski definition) is 1. The van der Waals surface area contributed by atoms with Crippen molar-refractivity contribution in [3.05, 3.63) is 47.2 Å². The summed E-state index contributed by atoms with van der Waals surface area (Å²) in [6.45, 7) is 1.76. The van der Waals surface area contributed by atoms with Crippen molar-refractivity contribution in [3.8, 4) is 11.3 Å². The topological polar surface area (TPSA) is 72.1 Å². The Morgan fingerprint density at radius 2 is 2.08 bits per heavy atom. The molecule has 1 aromatic carbocycles. The molecule has 1 amide bonds. The molecule has 4 rings (SSSR count). The van der Waals surface area contributed by atoms with E-state index in [4.69, 9.17) is 5.73 Å². The zero-order valence-corrected chi connectivity index (χ0v) is 14.9. The molecule has 1 fully saturated rings. The first-order chi connectivity index (χ1) is 12.7. The lowest BCUT2D eigenvalue weighted by Gasteiger charge is -2.14. The van der Waals surface area contributed by atoms with E-state index in [9.17, 15) is 4.79 Å². The van der Waals surface area contributed by atoms with Gasteiger partial charge >= 0.3 is 0 Å². The van der Waals surface area contributed by atoms with Gasteiger partial charge < -0.3 is 10.6 Å². The first-order valence-corrected chi connectivity index (χ1v) is 9.40. The predicted octanol–water partition coefficient (Wildman–Crippen LogP) is 3.24. The maximum absolute atomic E-state index is 11.6. The van der Waals surface area contributed by atoms with Crippen LogP contribution in [-0.4, -0.2) is 33.9 Å². The van der Waals surface area contributed by atoms with E-state index < -0.39 is 0 Å². The maximum atomic E-state index is 11.6. The number of likely N-dealkylation sites (tertiary alicyclic amines) is 1. The molecule has 0 bridgehead atoms. The highest BCUT2D eigenvalue weighted by atomic mass is 16.2. The molecule has 2 aliphatic rings. The number of hydrogen-bond acceptors (Lipinski definition) is 4. The molecule has 2 aromatic rings. The van der Waals surface area contributed by atoms with Gasteiger partial charge in [0.2, 0.25) is 11.9 Å². The number of aryl methyl sites for hydroxylation is 1. The van der Waals surface area contributed by atoms with Crippen LogP contribution < -0.4 is 5.73 Å². The second-order valence-corrected chi connectivity index (χ2v) is 7.06. The smallest absolute Gasteiger partial charge is 0.222 e. The second-order valence-electron chi connectivity index (χ2n) is 7.06. The van der Waals surface area contributed by atoms with Crippen molar-refractivity contribution in [3.63, 3.8) is 0 Å².